The summed E-state index contributed by atoms with van der Waals surface area (Å²) in [7, 11) is 1.98. The highest BCUT2D eigenvalue weighted by Crippen LogP contribution is 2.19. The number of benzene rings is 1. The summed E-state index contributed by atoms with van der Waals surface area (Å²) in [5.41, 5.74) is 8.20. The summed E-state index contributed by atoms with van der Waals surface area (Å²) >= 11 is 0. The van der Waals surface area contributed by atoms with E-state index in [1.807, 2.05) is 36.7 Å². The Labute approximate surface area is 88.3 Å². The van der Waals surface area contributed by atoms with E-state index >= 15 is 0 Å². The fraction of sp³-hybridized carbons (Fsp3) is 0.364. The highest BCUT2D eigenvalue weighted by Gasteiger charge is 2.09. The minimum atomic E-state index is -0.600. The SMILES string of the molecule is Cc1nc2cc(C(O)CN)ccc2n1C. The summed E-state index contributed by atoms with van der Waals surface area (Å²) in [5.74, 6) is 0.962. The van der Waals surface area contributed by atoms with Gasteiger partial charge in [0.25, 0.3) is 0 Å². The van der Waals surface area contributed by atoms with Crippen LogP contribution in [0, 0.1) is 6.92 Å². The lowest BCUT2D eigenvalue weighted by Gasteiger charge is -2.07. The lowest BCUT2D eigenvalue weighted by atomic mass is 10.1. The summed E-state index contributed by atoms with van der Waals surface area (Å²) in [4.78, 5) is 4.40. The standard InChI is InChI=1S/C11H15N3O/c1-7-13-9-5-8(11(15)6-12)3-4-10(9)14(7)2/h3-5,11,15H,6,12H2,1-2H3. The first-order valence-corrected chi connectivity index (χ1v) is 4.94. The molecule has 1 unspecified atom stereocenters. The highest BCUT2D eigenvalue weighted by molar-refractivity contribution is 5.76. The number of rotatable bonds is 2. The Bertz CT molecular complexity index is 490. The van der Waals surface area contributed by atoms with Gasteiger partial charge < -0.3 is 15.4 Å². The van der Waals surface area contributed by atoms with E-state index in [4.69, 9.17) is 5.73 Å². The molecule has 0 amide bonds. The predicted octanol–water partition coefficient (Wildman–Crippen LogP) is 0.874. The first kappa shape index (κ1) is 10.1. The normalized spacial score (nSPS) is 13.3. The number of aryl methyl sites for hydroxylation is 2. The third-order valence-corrected chi connectivity index (χ3v) is 2.74. The van der Waals surface area contributed by atoms with Gasteiger partial charge in [0.2, 0.25) is 0 Å². The van der Waals surface area contributed by atoms with Crippen molar-refractivity contribution >= 4 is 11.0 Å². The lowest BCUT2D eigenvalue weighted by Crippen LogP contribution is -2.11. The van der Waals surface area contributed by atoms with Gasteiger partial charge in [-0.05, 0) is 24.6 Å². The molecule has 0 fully saturated rings. The molecule has 2 rings (SSSR count). The van der Waals surface area contributed by atoms with E-state index in [0.29, 0.717) is 0 Å². The number of aliphatic hydroxyl groups excluding tert-OH is 1. The number of imidazole rings is 1. The Kier molecular flexibility index (Phi) is 2.46. The van der Waals surface area contributed by atoms with Crippen LogP contribution in [0.4, 0.5) is 0 Å². The van der Waals surface area contributed by atoms with Crippen molar-refractivity contribution in [3.8, 4) is 0 Å². The predicted molar refractivity (Wildman–Crippen MR) is 59.5 cm³/mol. The molecule has 0 aliphatic carbocycles. The Morgan fingerprint density at radius 2 is 2.27 bits per heavy atom. The zero-order chi connectivity index (χ0) is 11.0. The van der Waals surface area contributed by atoms with Gasteiger partial charge in [-0.1, -0.05) is 6.07 Å². The van der Waals surface area contributed by atoms with Crippen molar-refractivity contribution in [2.45, 2.75) is 13.0 Å². The molecule has 3 N–H and O–H groups in total. The first-order chi connectivity index (χ1) is 7.13. The molecule has 1 aromatic heterocycles. The van der Waals surface area contributed by atoms with Crippen molar-refractivity contribution in [2.75, 3.05) is 6.54 Å². The summed E-state index contributed by atoms with van der Waals surface area (Å²) in [6, 6.07) is 5.74. The van der Waals surface area contributed by atoms with Gasteiger partial charge in [0.15, 0.2) is 0 Å². The van der Waals surface area contributed by atoms with Gasteiger partial charge in [0.05, 0.1) is 17.1 Å². The number of aliphatic hydroxyl groups is 1. The van der Waals surface area contributed by atoms with Crippen LogP contribution in [0.25, 0.3) is 11.0 Å². The largest absolute Gasteiger partial charge is 0.387 e. The van der Waals surface area contributed by atoms with Gasteiger partial charge in [0, 0.05) is 13.6 Å². The Morgan fingerprint density at radius 1 is 1.53 bits per heavy atom. The Morgan fingerprint density at radius 3 is 2.93 bits per heavy atom. The molecular formula is C11H15N3O. The second-order valence-corrected chi connectivity index (χ2v) is 3.72. The molecule has 1 heterocycles. The second kappa shape index (κ2) is 3.64. The van der Waals surface area contributed by atoms with Crippen molar-refractivity contribution in [3.05, 3.63) is 29.6 Å². The van der Waals surface area contributed by atoms with Crippen LogP contribution in [-0.4, -0.2) is 21.2 Å². The summed E-state index contributed by atoms with van der Waals surface area (Å²) < 4.78 is 2.02. The molecule has 1 atom stereocenters. The zero-order valence-corrected chi connectivity index (χ0v) is 8.94. The third-order valence-electron chi connectivity index (χ3n) is 2.74. The number of fused-ring (bicyclic) bond motifs is 1. The maximum absolute atomic E-state index is 9.61. The molecule has 15 heavy (non-hydrogen) atoms. The van der Waals surface area contributed by atoms with Crippen LogP contribution in [0.5, 0.6) is 0 Å². The van der Waals surface area contributed by atoms with E-state index in [1.165, 1.54) is 0 Å². The van der Waals surface area contributed by atoms with Gasteiger partial charge in [-0.25, -0.2) is 4.98 Å². The maximum atomic E-state index is 9.61. The fourth-order valence-electron chi connectivity index (χ4n) is 1.68. The molecule has 1 aromatic carbocycles. The quantitative estimate of drug-likeness (QED) is 0.764. The summed E-state index contributed by atoms with van der Waals surface area (Å²) in [6.45, 7) is 2.19. The highest BCUT2D eigenvalue weighted by atomic mass is 16.3. The van der Waals surface area contributed by atoms with Crippen molar-refractivity contribution < 1.29 is 5.11 Å². The summed E-state index contributed by atoms with van der Waals surface area (Å²) in [6.07, 6.45) is -0.600. The molecule has 0 spiro atoms. The monoisotopic (exact) mass is 205 g/mol. The molecule has 4 nitrogen and oxygen atoms in total. The van der Waals surface area contributed by atoms with Crippen LogP contribution < -0.4 is 5.73 Å². The molecule has 0 aliphatic heterocycles. The number of nitrogens with two attached hydrogens (primary N) is 1. The van der Waals surface area contributed by atoms with Crippen molar-refractivity contribution in [3.63, 3.8) is 0 Å². The van der Waals surface area contributed by atoms with Gasteiger partial charge in [0.1, 0.15) is 5.82 Å². The molecule has 0 saturated carbocycles. The molecule has 4 heteroatoms. The molecule has 80 valence electrons. The van der Waals surface area contributed by atoms with Crippen LogP contribution in [0.15, 0.2) is 18.2 Å². The second-order valence-electron chi connectivity index (χ2n) is 3.72. The van der Waals surface area contributed by atoms with Crippen molar-refractivity contribution in [1.29, 1.82) is 0 Å². The topological polar surface area (TPSA) is 64.1 Å². The molecule has 0 bridgehead atoms. The third kappa shape index (κ3) is 1.62. The van der Waals surface area contributed by atoms with Gasteiger partial charge in [-0.15, -0.1) is 0 Å². The average Bonchev–Trinajstić information content (AvgIpc) is 2.53. The van der Waals surface area contributed by atoms with Crippen LogP contribution in [0.2, 0.25) is 0 Å². The lowest BCUT2D eigenvalue weighted by molar-refractivity contribution is 0.187. The Hall–Kier alpha value is -1.39. The van der Waals surface area contributed by atoms with E-state index in [1.54, 1.807) is 0 Å². The van der Waals surface area contributed by atoms with E-state index < -0.39 is 6.10 Å². The number of nitrogens with zero attached hydrogens (tertiary/aromatic N) is 2. The minimum Gasteiger partial charge on any atom is -0.387 e. The van der Waals surface area contributed by atoms with Crippen LogP contribution in [0.1, 0.15) is 17.5 Å². The number of hydrogen-bond donors (Lipinski definition) is 2. The van der Waals surface area contributed by atoms with Gasteiger partial charge in [-0.3, -0.25) is 0 Å². The fourth-order valence-corrected chi connectivity index (χ4v) is 1.68. The van der Waals surface area contributed by atoms with E-state index in [2.05, 4.69) is 4.98 Å². The Balaban J connectivity index is 2.57. The molecule has 0 radical (unpaired) electrons. The molecular weight excluding hydrogens is 190 g/mol. The minimum absolute atomic E-state index is 0.233. The molecule has 2 aromatic rings. The van der Waals surface area contributed by atoms with Crippen LogP contribution in [0.3, 0.4) is 0 Å². The maximum Gasteiger partial charge on any atom is 0.106 e. The van der Waals surface area contributed by atoms with Gasteiger partial charge >= 0.3 is 0 Å². The smallest absolute Gasteiger partial charge is 0.106 e. The van der Waals surface area contributed by atoms with Crippen molar-refractivity contribution in [1.82, 2.24) is 9.55 Å². The number of aromatic nitrogens is 2. The van der Waals surface area contributed by atoms with E-state index in [-0.39, 0.29) is 6.54 Å². The van der Waals surface area contributed by atoms with E-state index in [9.17, 15) is 5.11 Å². The average molecular weight is 205 g/mol. The molecule has 0 aliphatic rings. The van der Waals surface area contributed by atoms with Crippen molar-refractivity contribution in [2.24, 2.45) is 12.8 Å². The van der Waals surface area contributed by atoms with Gasteiger partial charge in [-0.2, -0.15) is 0 Å². The van der Waals surface area contributed by atoms with E-state index in [0.717, 1.165) is 22.4 Å². The molecule has 0 saturated heterocycles. The number of hydrogen-bond acceptors (Lipinski definition) is 3. The summed E-state index contributed by atoms with van der Waals surface area (Å²) in [5, 5.41) is 9.61. The first-order valence-electron chi connectivity index (χ1n) is 4.94. The zero-order valence-electron chi connectivity index (χ0n) is 8.94. The van der Waals surface area contributed by atoms with Crippen LogP contribution >= 0.6 is 0 Å². The van der Waals surface area contributed by atoms with Crippen LogP contribution in [-0.2, 0) is 7.05 Å².